The van der Waals surface area contributed by atoms with Crippen molar-refractivity contribution in [2.24, 2.45) is 0 Å². The van der Waals surface area contributed by atoms with E-state index in [2.05, 4.69) is 0 Å². The van der Waals surface area contributed by atoms with E-state index >= 15 is 0 Å². The van der Waals surface area contributed by atoms with Gasteiger partial charge in [-0.1, -0.05) is 23.4 Å². The molecule has 0 saturated heterocycles. The van der Waals surface area contributed by atoms with Gasteiger partial charge in [0, 0.05) is 9.92 Å². The van der Waals surface area contributed by atoms with E-state index in [0.717, 1.165) is 10.6 Å². The Bertz CT molecular complexity index is 840. The number of rotatable bonds is 3. The van der Waals surface area contributed by atoms with Gasteiger partial charge < -0.3 is 9.15 Å². The normalized spacial score (nSPS) is 10.8. The molecule has 21 heavy (non-hydrogen) atoms. The lowest BCUT2D eigenvalue weighted by atomic mass is 10.2. The highest BCUT2D eigenvalue weighted by molar-refractivity contribution is 7.99. The van der Waals surface area contributed by atoms with Crippen molar-refractivity contribution < 1.29 is 9.15 Å². The van der Waals surface area contributed by atoms with Crippen LogP contribution >= 0.6 is 23.4 Å². The summed E-state index contributed by atoms with van der Waals surface area (Å²) in [6.45, 7) is 0. The van der Waals surface area contributed by atoms with Crippen LogP contribution in [0.1, 0.15) is 0 Å². The van der Waals surface area contributed by atoms with Gasteiger partial charge in [0.1, 0.15) is 17.6 Å². The number of ether oxygens (including phenoxy) is 1. The summed E-state index contributed by atoms with van der Waals surface area (Å²) in [6.07, 6.45) is 1.48. The van der Waals surface area contributed by atoms with Crippen molar-refractivity contribution >= 4 is 34.3 Å². The summed E-state index contributed by atoms with van der Waals surface area (Å²) < 4.78 is 10.6. The maximum atomic E-state index is 12.4. The predicted molar refractivity (Wildman–Crippen MR) is 84.6 cm³/mol. The van der Waals surface area contributed by atoms with Gasteiger partial charge in [-0.15, -0.1) is 0 Å². The van der Waals surface area contributed by atoms with Crippen LogP contribution in [0.15, 0.2) is 67.7 Å². The minimum atomic E-state index is -0.0837. The smallest absolute Gasteiger partial charge is 0.206 e. The van der Waals surface area contributed by atoms with E-state index in [1.165, 1.54) is 18.0 Å². The molecular weight excluding hydrogens is 308 g/mol. The fourth-order valence-corrected chi connectivity index (χ4v) is 2.92. The van der Waals surface area contributed by atoms with Gasteiger partial charge in [-0.25, -0.2) is 0 Å². The van der Waals surface area contributed by atoms with Gasteiger partial charge in [0.15, 0.2) is 0 Å². The molecule has 1 aromatic heterocycles. The number of hydrogen-bond donors (Lipinski definition) is 0. The topological polar surface area (TPSA) is 39.4 Å². The summed E-state index contributed by atoms with van der Waals surface area (Å²) in [5.74, 6) is 0.775. The van der Waals surface area contributed by atoms with E-state index in [-0.39, 0.29) is 5.43 Å². The molecule has 0 bridgehead atoms. The van der Waals surface area contributed by atoms with Gasteiger partial charge >= 0.3 is 0 Å². The zero-order valence-electron chi connectivity index (χ0n) is 11.1. The van der Waals surface area contributed by atoms with Gasteiger partial charge in [0.05, 0.1) is 17.4 Å². The maximum Gasteiger partial charge on any atom is 0.206 e. The summed E-state index contributed by atoms with van der Waals surface area (Å²) in [5, 5.41) is 1.00. The minimum Gasteiger partial charge on any atom is -0.497 e. The Morgan fingerprint density at radius 3 is 2.62 bits per heavy atom. The number of hydrogen-bond acceptors (Lipinski definition) is 4. The Kier molecular flexibility index (Phi) is 3.90. The van der Waals surface area contributed by atoms with E-state index < -0.39 is 0 Å². The highest BCUT2D eigenvalue weighted by Gasteiger charge is 2.09. The van der Waals surface area contributed by atoms with Crippen LogP contribution in [0, 0.1) is 0 Å². The maximum absolute atomic E-state index is 12.4. The van der Waals surface area contributed by atoms with Crippen molar-refractivity contribution in [2.45, 2.75) is 9.79 Å². The van der Waals surface area contributed by atoms with Crippen LogP contribution in [0.5, 0.6) is 5.75 Å². The number of fused-ring (bicyclic) bond motifs is 1. The molecular formula is C16H11ClO3S. The van der Waals surface area contributed by atoms with Crippen LogP contribution in [0.2, 0.25) is 5.02 Å². The summed E-state index contributed by atoms with van der Waals surface area (Å²) in [7, 11) is 1.61. The Morgan fingerprint density at radius 1 is 1.14 bits per heavy atom. The van der Waals surface area contributed by atoms with E-state index in [1.54, 1.807) is 25.3 Å². The molecule has 0 amide bonds. The third-order valence-corrected chi connectivity index (χ3v) is 4.23. The summed E-state index contributed by atoms with van der Waals surface area (Å²) in [4.78, 5) is 13.9. The van der Waals surface area contributed by atoms with Crippen LogP contribution in [-0.2, 0) is 0 Å². The van der Waals surface area contributed by atoms with E-state index in [9.17, 15) is 4.79 Å². The molecule has 0 spiro atoms. The molecule has 0 N–H and O–H groups in total. The average Bonchev–Trinajstić information content (AvgIpc) is 2.51. The van der Waals surface area contributed by atoms with Crippen molar-refractivity contribution in [3.8, 4) is 5.75 Å². The zero-order chi connectivity index (χ0) is 14.8. The van der Waals surface area contributed by atoms with Crippen LogP contribution in [-0.4, -0.2) is 7.11 Å². The van der Waals surface area contributed by atoms with Gasteiger partial charge in [-0.05, 0) is 42.5 Å². The van der Waals surface area contributed by atoms with Crippen LogP contribution < -0.4 is 10.2 Å². The molecule has 0 aliphatic heterocycles. The van der Waals surface area contributed by atoms with Crippen LogP contribution in [0.4, 0.5) is 0 Å². The Morgan fingerprint density at radius 2 is 1.90 bits per heavy atom. The fourth-order valence-electron chi connectivity index (χ4n) is 1.93. The Balaban J connectivity index is 2.00. The summed E-state index contributed by atoms with van der Waals surface area (Å²) in [6, 6.07) is 12.5. The van der Waals surface area contributed by atoms with E-state index in [0.29, 0.717) is 20.9 Å². The largest absolute Gasteiger partial charge is 0.497 e. The second-order valence-corrected chi connectivity index (χ2v) is 5.90. The highest BCUT2D eigenvalue weighted by atomic mass is 35.5. The molecule has 3 nitrogen and oxygen atoms in total. The quantitative estimate of drug-likeness (QED) is 0.707. The highest BCUT2D eigenvalue weighted by Crippen LogP contribution is 2.28. The molecule has 0 saturated carbocycles. The molecule has 3 rings (SSSR count). The van der Waals surface area contributed by atoms with Crippen molar-refractivity contribution in [1.82, 2.24) is 0 Å². The van der Waals surface area contributed by atoms with Gasteiger partial charge in [0.25, 0.3) is 0 Å². The molecule has 0 atom stereocenters. The molecule has 1 heterocycles. The first-order valence-corrected chi connectivity index (χ1v) is 7.40. The predicted octanol–water partition coefficient (Wildman–Crippen LogP) is 4.61. The van der Waals surface area contributed by atoms with Gasteiger partial charge in [0.2, 0.25) is 5.43 Å². The third-order valence-electron chi connectivity index (χ3n) is 2.99. The lowest BCUT2D eigenvalue weighted by molar-refractivity contribution is 0.414. The first-order valence-electron chi connectivity index (χ1n) is 6.20. The SMILES string of the molecule is COc1ccc(Sc2coc3ccc(Cl)cc3c2=O)cc1. The van der Waals surface area contributed by atoms with Gasteiger partial charge in [-0.2, -0.15) is 0 Å². The third kappa shape index (κ3) is 2.91. The van der Waals surface area contributed by atoms with E-state index in [4.69, 9.17) is 20.8 Å². The molecule has 0 radical (unpaired) electrons. The molecule has 0 unspecified atom stereocenters. The van der Waals surface area contributed by atoms with Crippen LogP contribution in [0.3, 0.4) is 0 Å². The molecule has 0 aliphatic carbocycles. The van der Waals surface area contributed by atoms with E-state index in [1.807, 2.05) is 24.3 Å². The average molecular weight is 319 g/mol. The summed E-state index contributed by atoms with van der Waals surface area (Å²) >= 11 is 7.28. The first-order chi connectivity index (χ1) is 10.2. The molecule has 5 heteroatoms. The molecule has 0 fully saturated rings. The number of benzene rings is 2. The molecule has 3 aromatic rings. The second kappa shape index (κ2) is 5.84. The fraction of sp³-hybridized carbons (Fsp3) is 0.0625. The molecule has 2 aromatic carbocycles. The van der Waals surface area contributed by atoms with Crippen molar-refractivity contribution in [1.29, 1.82) is 0 Å². The van der Waals surface area contributed by atoms with Gasteiger partial charge in [-0.3, -0.25) is 4.79 Å². The molecule has 106 valence electrons. The van der Waals surface area contributed by atoms with Crippen molar-refractivity contribution in [3.05, 3.63) is 64.0 Å². The number of halogens is 1. The zero-order valence-corrected chi connectivity index (χ0v) is 12.7. The first kappa shape index (κ1) is 14.0. The lowest BCUT2D eigenvalue weighted by Crippen LogP contribution is -2.03. The number of methoxy groups -OCH3 is 1. The standard InChI is InChI=1S/C16H11ClO3S/c1-19-11-3-5-12(6-4-11)21-15-9-20-14-7-2-10(17)8-13(14)16(15)18/h2-9H,1H3. The second-order valence-electron chi connectivity index (χ2n) is 4.35. The van der Waals surface area contributed by atoms with Crippen molar-refractivity contribution in [2.75, 3.05) is 7.11 Å². The molecule has 0 aliphatic rings. The Labute approximate surface area is 130 Å². The van der Waals surface area contributed by atoms with Crippen LogP contribution in [0.25, 0.3) is 11.0 Å². The monoisotopic (exact) mass is 318 g/mol. The van der Waals surface area contributed by atoms with Crippen molar-refractivity contribution in [3.63, 3.8) is 0 Å². The lowest BCUT2D eigenvalue weighted by Gasteiger charge is -2.04. The minimum absolute atomic E-state index is 0.0837. The summed E-state index contributed by atoms with van der Waals surface area (Å²) in [5.41, 5.74) is 0.447. The Hall–Kier alpha value is -1.91.